The summed E-state index contributed by atoms with van der Waals surface area (Å²) in [4.78, 5) is 22.3. The zero-order valence-electron chi connectivity index (χ0n) is 9.88. The molecule has 0 aliphatic rings. The van der Waals surface area contributed by atoms with E-state index in [-0.39, 0.29) is 18.4 Å². The zero-order valence-corrected chi connectivity index (χ0v) is 9.88. The Morgan fingerprint density at radius 2 is 1.93 bits per heavy atom. The minimum Gasteiger partial charge on any atom is -0.368 e. The van der Waals surface area contributed by atoms with Crippen LogP contribution in [-0.2, 0) is 9.59 Å². The summed E-state index contributed by atoms with van der Waals surface area (Å²) in [5.74, 6) is -0.204. The lowest BCUT2D eigenvalue weighted by Crippen LogP contribution is -2.39. The van der Waals surface area contributed by atoms with E-state index < -0.39 is 5.91 Å². The van der Waals surface area contributed by atoms with Gasteiger partial charge in [0.1, 0.15) is 0 Å². The molecule has 0 rings (SSSR count). The average Bonchev–Trinajstić information content (AvgIpc) is 2.21. The van der Waals surface area contributed by atoms with Crippen LogP contribution in [0.2, 0.25) is 0 Å². The van der Waals surface area contributed by atoms with E-state index in [1.807, 2.05) is 0 Å². The number of nitrogens with one attached hydrogen (secondary N) is 1. The summed E-state index contributed by atoms with van der Waals surface area (Å²) in [6.45, 7) is 6.12. The summed E-state index contributed by atoms with van der Waals surface area (Å²) >= 11 is 0. The van der Waals surface area contributed by atoms with Gasteiger partial charge in [0, 0.05) is 5.92 Å². The summed E-state index contributed by atoms with van der Waals surface area (Å²) in [5, 5.41) is 2.57. The molecule has 15 heavy (non-hydrogen) atoms. The van der Waals surface area contributed by atoms with Crippen molar-refractivity contribution in [1.82, 2.24) is 5.32 Å². The largest absolute Gasteiger partial charge is 0.368 e. The Morgan fingerprint density at radius 3 is 2.33 bits per heavy atom. The lowest BCUT2D eigenvalue weighted by molar-refractivity contribution is -0.129. The third-order valence-electron chi connectivity index (χ3n) is 2.70. The minimum atomic E-state index is -0.497. The molecule has 4 heteroatoms. The zero-order chi connectivity index (χ0) is 11.8. The number of carbonyl (C=O) groups excluding carboxylic acids is 2. The quantitative estimate of drug-likeness (QED) is 0.665. The van der Waals surface area contributed by atoms with E-state index in [1.54, 1.807) is 0 Å². The third-order valence-corrected chi connectivity index (χ3v) is 2.70. The van der Waals surface area contributed by atoms with Crippen LogP contribution in [0.3, 0.4) is 0 Å². The average molecular weight is 214 g/mol. The number of primary amides is 1. The first-order valence-electron chi connectivity index (χ1n) is 5.58. The second-order valence-corrected chi connectivity index (χ2v) is 3.96. The van der Waals surface area contributed by atoms with Crippen LogP contribution in [0.15, 0.2) is 0 Å². The maximum Gasteiger partial charge on any atom is 0.236 e. The van der Waals surface area contributed by atoms with Gasteiger partial charge >= 0.3 is 0 Å². The molecule has 0 bridgehead atoms. The molecule has 0 aromatic rings. The number of hydrogen-bond acceptors (Lipinski definition) is 2. The van der Waals surface area contributed by atoms with Crippen LogP contribution in [0, 0.1) is 11.8 Å². The molecular weight excluding hydrogens is 192 g/mol. The van der Waals surface area contributed by atoms with Crippen molar-refractivity contribution >= 4 is 11.8 Å². The van der Waals surface area contributed by atoms with Gasteiger partial charge < -0.3 is 11.1 Å². The van der Waals surface area contributed by atoms with Gasteiger partial charge in [-0.3, -0.25) is 9.59 Å². The highest BCUT2D eigenvalue weighted by atomic mass is 16.2. The molecule has 0 aliphatic carbocycles. The van der Waals surface area contributed by atoms with Crippen molar-refractivity contribution < 1.29 is 9.59 Å². The normalized spacial score (nSPS) is 14.3. The van der Waals surface area contributed by atoms with Gasteiger partial charge in [0.25, 0.3) is 0 Å². The summed E-state index contributed by atoms with van der Waals surface area (Å²) in [5.41, 5.74) is 4.97. The highest BCUT2D eigenvalue weighted by Crippen LogP contribution is 2.20. The number of nitrogens with two attached hydrogens (primary N) is 1. The van der Waals surface area contributed by atoms with Crippen LogP contribution in [0.4, 0.5) is 0 Å². The second kappa shape index (κ2) is 7.26. The lowest BCUT2D eigenvalue weighted by Gasteiger charge is -2.21. The molecule has 0 spiro atoms. The van der Waals surface area contributed by atoms with Crippen molar-refractivity contribution in [2.75, 3.05) is 6.54 Å². The van der Waals surface area contributed by atoms with Gasteiger partial charge in [0.05, 0.1) is 6.54 Å². The molecular formula is C11H22N2O2. The molecule has 0 radical (unpaired) electrons. The second-order valence-electron chi connectivity index (χ2n) is 3.96. The minimum absolute atomic E-state index is 0.000602. The van der Waals surface area contributed by atoms with Crippen molar-refractivity contribution in [2.45, 2.75) is 40.0 Å². The number of amides is 2. The number of carbonyl (C=O) groups is 2. The fraction of sp³-hybridized carbons (Fsp3) is 0.818. The van der Waals surface area contributed by atoms with Crippen molar-refractivity contribution in [3.8, 4) is 0 Å². The topological polar surface area (TPSA) is 72.2 Å². The molecule has 2 unspecified atom stereocenters. The summed E-state index contributed by atoms with van der Waals surface area (Å²) < 4.78 is 0. The van der Waals surface area contributed by atoms with Gasteiger partial charge in [0.15, 0.2) is 0 Å². The summed E-state index contributed by atoms with van der Waals surface area (Å²) in [6.07, 6.45) is 2.80. The van der Waals surface area contributed by atoms with E-state index in [4.69, 9.17) is 5.73 Å². The SMILES string of the molecule is CCCC(C(=O)NCC(N)=O)C(C)CC. The van der Waals surface area contributed by atoms with Crippen molar-refractivity contribution in [1.29, 1.82) is 0 Å². The van der Waals surface area contributed by atoms with E-state index in [1.165, 1.54) is 0 Å². The van der Waals surface area contributed by atoms with Gasteiger partial charge in [-0.2, -0.15) is 0 Å². The molecule has 2 amide bonds. The monoisotopic (exact) mass is 214 g/mol. The summed E-state index contributed by atoms with van der Waals surface area (Å²) in [6, 6.07) is 0. The predicted octanol–water partition coefficient (Wildman–Crippen LogP) is 1.05. The molecule has 0 aromatic carbocycles. The van der Waals surface area contributed by atoms with Crippen LogP contribution in [0.5, 0.6) is 0 Å². The Bertz CT molecular complexity index is 217. The number of rotatable bonds is 7. The molecule has 0 fully saturated rings. The van der Waals surface area contributed by atoms with E-state index in [2.05, 4.69) is 26.1 Å². The molecule has 2 atom stereocenters. The van der Waals surface area contributed by atoms with Gasteiger partial charge in [-0.05, 0) is 12.3 Å². The van der Waals surface area contributed by atoms with Crippen molar-refractivity contribution in [2.24, 2.45) is 17.6 Å². The van der Waals surface area contributed by atoms with Crippen molar-refractivity contribution in [3.05, 3.63) is 0 Å². The fourth-order valence-electron chi connectivity index (χ4n) is 1.57. The van der Waals surface area contributed by atoms with Gasteiger partial charge in [-0.1, -0.05) is 33.6 Å². The van der Waals surface area contributed by atoms with E-state index in [0.717, 1.165) is 19.3 Å². The Hall–Kier alpha value is -1.06. The molecule has 0 aliphatic heterocycles. The third kappa shape index (κ3) is 5.40. The van der Waals surface area contributed by atoms with Gasteiger partial charge in [-0.15, -0.1) is 0 Å². The van der Waals surface area contributed by atoms with Crippen LogP contribution in [0.25, 0.3) is 0 Å². The molecule has 88 valence electrons. The van der Waals surface area contributed by atoms with Crippen LogP contribution >= 0.6 is 0 Å². The highest BCUT2D eigenvalue weighted by Gasteiger charge is 2.22. The molecule has 0 saturated heterocycles. The van der Waals surface area contributed by atoms with Crippen LogP contribution in [0.1, 0.15) is 40.0 Å². The molecule has 0 aromatic heterocycles. The van der Waals surface area contributed by atoms with Crippen molar-refractivity contribution in [3.63, 3.8) is 0 Å². The van der Waals surface area contributed by atoms with Crippen LogP contribution < -0.4 is 11.1 Å². The molecule has 0 heterocycles. The van der Waals surface area contributed by atoms with E-state index >= 15 is 0 Å². The fourth-order valence-corrected chi connectivity index (χ4v) is 1.57. The Morgan fingerprint density at radius 1 is 1.33 bits per heavy atom. The van der Waals surface area contributed by atoms with E-state index in [0.29, 0.717) is 5.92 Å². The molecule has 3 N–H and O–H groups in total. The Kier molecular flexibility index (Phi) is 6.75. The van der Waals surface area contributed by atoms with Crippen LogP contribution in [-0.4, -0.2) is 18.4 Å². The standard InChI is InChI=1S/C11H22N2O2/c1-4-6-9(8(3)5-2)11(15)13-7-10(12)14/h8-9H,4-7H2,1-3H3,(H2,12,14)(H,13,15). The maximum absolute atomic E-state index is 11.7. The molecule has 4 nitrogen and oxygen atoms in total. The first-order valence-corrected chi connectivity index (χ1v) is 5.58. The molecule has 0 saturated carbocycles. The van der Waals surface area contributed by atoms with Gasteiger partial charge in [-0.25, -0.2) is 0 Å². The first-order chi connectivity index (χ1) is 7.02. The van der Waals surface area contributed by atoms with Gasteiger partial charge in [0.2, 0.25) is 11.8 Å². The van der Waals surface area contributed by atoms with E-state index in [9.17, 15) is 9.59 Å². The number of hydrogen-bond donors (Lipinski definition) is 2. The maximum atomic E-state index is 11.7. The highest BCUT2D eigenvalue weighted by molar-refractivity contribution is 5.85. The Balaban J connectivity index is 4.21. The predicted molar refractivity (Wildman–Crippen MR) is 60.1 cm³/mol. The lowest BCUT2D eigenvalue weighted by atomic mass is 9.87. The Labute approximate surface area is 91.6 Å². The first kappa shape index (κ1) is 13.9. The summed E-state index contributed by atoms with van der Waals surface area (Å²) in [7, 11) is 0. The smallest absolute Gasteiger partial charge is 0.236 e.